The predicted molar refractivity (Wildman–Crippen MR) is 89.8 cm³/mol. The molecule has 1 aliphatic heterocycles. The molecule has 0 bridgehead atoms. The fourth-order valence-corrected chi connectivity index (χ4v) is 3.05. The Balaban J connectivity index is 1.90. The SMILES string of the molecule is CCC(C)NC(=O)c1cccc(CNC(=O)C2CSCN2)c1. The van der Waals surface area contributed by atoms with Crippen molar-refractivity contribution in [2.75, 3.05) is 11.6 Å². The highest BCUT2D eigenvalue weighted by molar-refractivity contribution is 7.99. The van der Waals surface area contributed by atoms with Gasteiger partial charge in [-0.05, 0) is 31.0 Å². The van der Waals surface area contributed by atoms with Gasteiger partial charge in [-0.2, -0.15) is 0 Å². The Morgan fingerprint density at radius 2 is 2.27 bits per heavy atom. The minimum absolute atomic E-state index is 0.0134. The van der Waals surface area contributed by atoms with Crippen molar-refractivity contribution in [1.82, 2.24) is 16.0 Å². The van der Waals surface area contributed by atoms with Crippen molar-refractivity contribution in [3.05, 3.63) is 35.4 Å². The first-order valence-corrected chi connectivity index (χ1v) is 8.74. The zero-order chi connectivity index (χ0) is 15.9. The third kappa shape index (κ3) is 4.74. The average Bonchev–Trinajstić information content (AvgIpc) is 3.07. The monoisotopic (exact) mass is 321 g/mol. The van der Waals surface area contributed by atoms with Crippen LogP contribution in [0.15, 0.2) is 24.3 Å². The largest absolute Gasteiger partial charge is 0.351 e. The summed E-state index contributed by atoms with van der Waals surface area (Å²) in [5, 5.41) is 8.99. The van der Waals surface area contributed by atoms with E-state index in [4.69, 9.17) is 0 Å². The maximum absolute atomic E-state index is 12.1. The van der Waals surface area contributed by atoms with Gasteiger partial charge in [0.05, 0.1) is 6.04 Å². The Bertz CT molecular complexity index is 530. The number of carbonyl (C=O) groups excluding carboxylic acids is 2. The molecule has 0 spiro atoms. The van der Waals surface area contributed by atoms with E-state index in [9.17, 15) is 9.59 Å². The minimum atomic E-state index is -0.109. The number of carbonyl (C=O) groups is 2. The summed E-state index contributed by atoms with van der Waals surface area (Å²) in [5.41, 5.74) is 1.55. The molecule has 1 aromatic rings. The molecule has 1 saturated heterocycles. The van der Waals surface area contributed by atoms with Gasteiger partial charge in [0.15, 0.2) is 0 Å². The molecule has 120 valence electrons. The topological polar surface area (TPSA) is 70.2 Å². The number of thioether (sulfide) groups is 1. The van der Waals surface area contributed by atoms with Gasteiger partial charge >= 0.3 is 0 Å². The summed E-state index contributed by atoms with van der Waals surface area (Å²) in [4.78, 5) is 24.1. The van der Waals surface area contributed by atoms with Crippen LogP contribution in [0.2, 0.25) is 0 Å². The maximum Gasteiger partial charge on any atom is 0.251 e. The van der Waals surface area contributed by atoms with Crippen LogP contribution in [0, 0.1) is 0 Å². The van der Waals surface area contributed by atoms with Crippen molar-refractivity contribution < 1.29 is 9.59 Å². The molecule has 2 unspecified atom stereocenters. The molecule has 2 atom stereocenters. The summed E-state index contributed by atoms with van der Waals surface area (Å²) < 4.78 is 0. The van der Waals surface area contributed by atoms with Crippen molar-refractivity contribution in [2.24, 2.45) is 0 Å². The van der Waals surface area contributed by atoms with Crippen molar-refractivity contribution >= 4 is 23.6 Å². The van der Waals surface area contributed by atoms with E-state index in [1.54, 1.807) is 17.8 Å². The zero-order valence-corrected chi connectivity index (χ0v) is 13.8. The van der Waals surface area contributed by atoms with Crippen molar-refractivity contribution in [2.45, 2.75) is 38.9 Å². The molecule has 0 saturated carbocycles. The second-order valence-electron chi connectivity index (χ2n) is 5.47. The fraction of sp³-hybridized carbons (Fsp3) is 0.500. The van der Waals surface area contributed by atoms with E-state index in [0.29, 0.717) is 12.1 Å². The lowest BCUT2D eigenvalue weighted by atomic mass is 10.1. The lowest BCUT2D eigenvalue weighted by Gasteiger charge is -2.13. The number of hydrogen-bond donors (Lipinski definition) is 3. The quantitative estimate of drug-likeness (QED) is 0.742. The van der Waals surface area contributed by atoms with Gasteiger partial charge < -0.3 is 10.6 Å². The molecule has 1 aliphatic rings. The van der Waals surface area contributed by atoms with Gasteiger partial charge in [0.1, 0.15) is 0 Å². The molecule has 1 heterocycles. The molecular formula is C16H23N3O2S. The van der Waals surface area contributed by atoms with Crippen LogP contribution in [-0.2, 0) is 11.3 Å². The summed E-state index contributed by atoms with van der Waals surface area (Å²) in [6, 6.07) is 7.42. The van der Waals surface area contributed by atoms with Gasteiger partial charge in [0.25, 0.3) is 5.91 Å². The second kappa shape index (κ2) is 8.19. The van der Waals surface area contributed by atoms with Crippen LogP contribution < -0.4 is 16.0 Å². The number of nitrogens with one attached hydrogen (secondary N) is 3. The lowest BCUT2D eigenvalue weighted by Crippen LogP contribution is -2.41. The molecule has 3 N–H and O–H groups in total. The number of rotatable bonds is 6. The molecule has 2 amide bonds. The van der Waals surface area contributed by atoms with Crippen molar-refractivity contribution in [3.8, 4) is 0 Å². The summed E-state index contributed by atoms with van der Waals surface area (Å²) in [5.74, 6) is 1.57. The van der Waals surface area contributed by atoms with E-state index >= 15 is 0 Å². The van der Waals surface area contributed by atoms with Gasteiger partial charge in [0.2, 0.25) is 5.91 Å². The summed E-state index contributed by atoms with van der Waals surface area (Å²) in [6.07, 6.45) is 0.897. The average molecular weight is 321 g/mol. The number of amides is 2. The van der Waals surface area contributed by atoms with Crippen molar-refractivity contribution in [1.29, 1.82) is 0 Å². The van der Waals surface area contributed by atoms with E-state index in [1.807, 2.05) is 32.0 Å². The molecule has 1 aromatic carbocycles. The number of hydrogen-bond acceptors (Lipinski definition) is 4. The Labute approximate surface area is 135 Å². The third-order valence-electron chi connectivity index (χ3n) is 3.68. The van der Waals surface area contributed by atoms with Gasteiger partial charge in [-0.1, -0.05) is 19.1 Å². The van der Waals surface area contributed by atoms with Gasteiger partial charge in [0, 0.05) is 29.8 Å². The van der Waals surface area contributed by atoms with Crippen LogP contribution in [0.5, 0.6) is 0 Å². The zero-order valence-electron chi connectivity index (χ0n) is 13.0. The Morgan fingerprint density at radius 1 is 1.45 bits per heavy atom. The highest BCUT2D eigenvalue weighted by Gasteiger charge is 2.21. The van der Waals surface area contributed by atoms with E-state index in [2.05, 4.69) is 16.0 Å². The van der Waals surface area contributed by atoms with Crippen LogP contribution in [0.25, 0.3) is 0 Å². The van der Waals surface area contributed by atoms with Crippen LogP contribution in [0.1, 0.15) is 36.2 Å². The smallest absolute Gasteiger partial charge is 0.251 e. The first-order valence-electron chi connectivity index (χ1n) is 7.58. The normalized spacial score (nSPS) is 18.7. The second-order valence-corrected chi connectivity index (χ2v) is 6.50. The van der Waals surface area contributed by atoms with Crippen LogP contribution in [-0.4, -0.2) is 35.5 Å². The van der Waals surface area contributed by atoms with Crippen LogP contribution >= 0.6 is 11.8 Å². The van der Waals surface area contributed by atoms with Crippen LogP contribution in [0.4, 0.5) is 0 Å². The summed E-state index contributed by atoms with van der Waals surface area (Å²) >= 11 is 1.72. The third-order valence-corrected chi connectivity index (χ3v) is 4.62. The van der Waals surface area contributed by atoms with Gasteiger partial charge in [-0.3, -0.25) is 14.9 Å². The maximum atomic E-state index is 12.1. The summed E-state index contributed by atoms with van der Waals surface area (Å²) in [6.45, 7) is 4.45. The van der Waals surface area contributed by atoms with Crippen molar-refractivity contribution in [3.63, 3.8) is 0 Å². The highest BCUT2D eigenvalue weighted by Crippen LogP contribution is 2.10. The summed E-state index contributed by atoms with van der Waals surface area (Å²) in [7, 11) is 0. The lowest BCUT2D eigenvalue weighted by molar-refractivity contribution is -0.122. The van der Waals surface area contributed by atoms with E-state index < -0.39 is 0 Å². The molecule has 5 nitrogen and oxygen atoms in total. The van der Waals surface area contributed by atoms with Gasteiger partial charge in [-0.25, -0.2) is 0 Å². The first kappa shape index (κ1) is 16.8. The molecular weight excluding hydrogens is 298 g/mol. The molecule has 22 heavy (non-hydrogen) atoms. The molecule has 6 heteroatoms. The Hall–Kier alpha value is -1.53. The van der Waals surface area contributed by atoms with Gasteiger partial charge in [-0.15, -0.1) is 11.8 Å². The minimum Gasteiger partial charge on any atom is -0.351 e. The molecule has 0 radical (unpaired) electrons. The molecule has 2 rings (SSSR count). The highest BCUT2D eigenvalue weighted by atomic mass is 32.2. The fourth-order valence-electron chi connectivity index (χ4n) is 2.11. The Kier molecular flexibility index (Phi) is 6.27. The van der Waals surface area contributed by atoms with E-state index in [-0.39, 0.29) is 23.9 Å². The number of benzene rings is 1. The van der Waals surface area contributed by atoms with E-state index in [0.717, 1.165) is 23.6 Å². The predicted octanol–water partition coefficient (Wildman–Crippen LogP) is 1.49. The molecule has 0 aliphatic carbocycles. The molecule has 0 aromatic heterocycles. The van der Waals surface area contributed by atoms with E-state index in [1.165, 1.54) is 0 Å². The first-order chi connectivity index (χ1) is 10.6. The Morgan fingerprint density at radius 3 is 2.95 bits per heavy atom. The van der Waals surface area contributed by atoms with Crippen LogP contribution in [0.3, 0.4) is 0 Å². The molecule has 1 fully saturated rings. The standard InChI is InChI=1S/C16H23N3O2S/c1-3-11(2)19-15(20)13-6-4-5-12(7-13)8-17-16(21)14-9-22-10-18-14/h4-7,11,14,18H,3,8-10H2,1-2H3,(H,17,21)(H,19,20).